The molecule has 0 aromatic carbocycles. The third kappa shape index (κ3) is 1.98. The number of allylic oxidation sites excluding steroid dienone is 2. The molecule has 0 fully saturated rings. The van der Waals surface area contributed by atoms with E-state index in [1.165, 1.54) is 5.57 Å². The number of hydrogen-bond acceptors (Lipinski definition) is 3. The zero-order valence-electron chi connectivity index (χ0n) is 8.98. The second kappa shape index (κ2) is 4.21. The van der Waals surface area contributed by atoms with Gasteiger partial charge >= 0.3 is 0 Å². The van der Waals surface area contributed by atoms with Gasteiger partial charge in [0.25, 0.3) is 0 Å². The van der Waals surface area contributed by atoms with Crippen LogP contribution in [0.3, 0.4) is 0 Å². The topological polar surface area (TPSA) is 58.3 Å². The molecule has 3 nitrogen and oxygen atoms in total. The van der Waals surface area contributed by atoms with Crippen LogP contribution in [0.15, 0.2) is 35.6 Å². The van der Waals surface area contributed by atoms with Crippen molar-refractivity contribution in [2.24, 2.45) is 11.7 Å². The summed E-state index contributed by atoms with van der Waals surface area (Å²) >= 11 is 0. The van der Waals surface area contributed by atoms with Gasteiger partial charge in [0, 0.05) is 12.0 Å². The Kier molecular flexibility index (Phi) is 2.93. The predicted molar refractivity (Wildman–Crippen MR) is 61.1 cm³/mol. The molecule has 4 N–H and O–H groups in total. The van der Waals surface area contributed by atoms with Gasteiger partial charge in [0.05, 0.1) is 12.6 Å². The summed E-state index contributed by atoms with van der Waals surface area (Å²) in [6, 6.07) is 0.492. The average Bonchev–Trinajstić information content (AvgIpc) is 2.61. The number of rotatable bonds is 3. The molecule has 0 saturated heterocycles. The molecule has 0 bridgehead atoms. The van der Waals surface area contributed by atoms with E-state index in [9.17, 15) is 5.11 Å². The van der Waals surface area contributed by atoms with Gasteiger partial charge in [0.15, 0.2) is 0 Å². The van der Waals surface area contributed by atoms with Gasteiger partial charge in [-0.3, -0.25) is 0 Å². The monoisotopic (exact) mass is 206 g/mol. The Bertz CT molecular complexity index is 329. The number of aliphatic hydroxyl groups is 1. The number of nitrogens with one attached hydrogen (secondary N) is 1. The lowest BCUT2D eigenvalue weighted by molar-refractivity contribution is 0.320. The van der Waals surface area contributed by atoms with Crippen molar-refractivity contribution >= 4 is 0 Å². The number of hydrogen-bond donors (Lipinski definition) is 3. The van der Waals surface area contributed by atoms with E-state index in [1.54, 1.807) is 0 Å². The van der Waals surface area contributed by atoms with Crippen LogP contribution in [0.4, 0.5) is 0 Å². The second-order valence-corrected chi connectivity index (χ2v) is 4.36. The molecular weight excluding hydrogens is 188 g/mol. The van der Waals surface area contributed by atoms with Crippen molar-refractivity contribution in [3.05, 3.63) is 35.6 Å². The highest BCUT2D eigenvalue weighted by Crippen LogP contribution is 2.31. The molecule has 0 amide bonds. The minimum Gasteiger partial charge on any atom is -0.392 e. The molecule has 15 heavy (non-hydrogen) atoms. The lowest BCUT2D eigenvalue weighted by atomic mass is 9.84. The zero-order valence-corrected chi connectivity index (χ0v) is 8.98. The fourth-order valence-corrected chi connectivity index (χ4v) is 2.30. The van der Waals surface area contributed by atoms with E-state index < -0.39 is 0 Å². The largest absolute Gasteiger partial charge is 0.392 e. The maximum atomic E-state index is 9.19. The SMILES string of the molecule is CC(N)CC1=CC=CC2C(CO)=CNC12. The molecule has 1 aliphatic heterocycles. The van der Waals surface area contributed by atoms with Gasteiger partial charge in [-0.05, 0) is 30.7 Å². The Balaban J connectivity index is 2.12. The molecule has 3 atom stereocenters. The third-order valence-electron chi connectivity index (χ3n) is 3.00. The van der Waals surface area contributed by atoms with Crippen LogP contribution in [0.1, 0.15) is 13.3 Å². The van der Waals surface area contributed by atoms with Crippen LogP contribution in [-0.2, 0) is 0 Å². The molecule has 1 heterocycles. The molecule has 2 aliphatic rings. The van der Waals surface area contributed by atoms with E-state index in [0.29, 0.717) is 12.0 Å². The molecule has 0 saturated carbocycles. The Hall–Kier alpha value is -1.06. The van der Waals surface area contributed by atoms with Crippen LogP contribution >= 0.6 is 0 Å². The fraction of sp³-hybridized carbons (Fsp3) is 0.500. The highest BCUT2D eigenvalue weighted by atomic mass is 16.3. The Labute approximate surface area is 90.4 Å². The van der Waals surface area contributed by atoms with Crippen LogP contribution < -0.4 is 11.1 Å². The summed E-state index contributed by atoms with van der Waals surface area (Å²) in [6.07, 6.45) is 9.17. The molecule has 0 radical (unpaired) electrons. The summed E-state index contributed by atoms with van der Waals surface area (Å²) in [7, 11) is 0. The van der Waals surface area contributed by atoms with Gasteiger partial charge in [0.1, 0.15) is 0 Å². The van der Waals surface area contributed by atoms with Gasteiger partial charge < -0.3 is 16.2 Å². The van der Waals surface area contributed by atoms with E-state index in [2.05, 4.69) is 23.5 Å². The molecule has 3 unspecified atom stereocenters. The third-order valence-corrected chi connectivity index (χ3v) is 3.00. The Morgan fingerprint density at radius 3 is 3.00 bits per heavy atom. The van der Waals surface area contributed by atoms with Crippen molar-refractivity contribution in [2.75, 3.05) is 6.61 Å². The summed E-state index contributed by atoms with van der Waals surface area (Å²) in [5.41, 5.74) is 8.21. The summed E-state index contributed by atoms with van der Waals surface area (Å²) in [5, 5.41) is 12.5. The normalized spacial score (nSPS) is 30.3. The van der Waals surface area contributed by atoms with Crippen molar-refractivity contribution in [1.82, 2.24) is 5.32 Å². The van der Waals surface area contributed by atoms with E-state index in [0.717, 1.165) is 12.0 Å². The van der Waals surface area contributed by atoms with E-state index >= 15 is 0 Å². The lowest BCUT2D eigenvalue weighted by Gasteiger charge is -2.26. The Morgan fingerprint density at radius 2 is 2.33 bits per heavy atom. The summed E-state index contributed by atoms with van der Waals surface area (Å²) in [4.78, 5) is 0. The highest BCUT2D eigenvalue weighted by Gasteiger charge is 2.31. The van der Waals surface area contributed by atoms with Gasteiger partial charge in [-0.15, -0.1) is 0 Å². The molecule has 0 aromatic rings. The van der Waals surface area contributed by atoms with Crippen LogP contribution in [0.2, 0.25) is 0 Å². The van der Waals surface area contributed by atoms with E-state index in [-0.39, 0.29) is 12.6 Å². The molecule has 0 spiro atoms. The van der Waals surface area contributed by atoms with Crippen LogP contribution in [0, 0.1) is 5.92 Å². The Morgan fingerprint density at radius 1 is 1.53 bits per heavy atom. The van der Waals surface area contributed by atoms with Crippen molar-refractivity contribution in [3.8, 4) is 0 Å². The highest BCUT2D eigenvalue weighted by molar-refractivity contribution is 5.37. The first kappa shape index (κ1) is 10.5. The quantitative estimate of drug-likeness (QED) is 0.636. The van der Waals surface area contributed by atoms with Crippen molar-refractivity contribution < 1.29 is 5.11 Å². The van der Waals surface area contributed by atoms with Gasteiger partial charge in [-0.2, -0.15) is 0 Å². The number of fused-ring (bicyclic) bond motifs is 1. The molecular formula is C12H18N2O. The van der Waals surface area contributed by atoms with Crippen molar-refractivity contribution in [2.45, 2.75) is 25.4 Å². The predicted octanol–water partition coefficient (Wildman–Crippen LogP) is 0.684. The maximum absolute atomic E-state index is 9.19. The van der Waals surface area contributed by atoms with Crippen molar-refractivity contribution in [3.63, 3.8) is 0 Å². The average molecular weight is 206 g/mol. The van der Waals surface area contributed by atoms with Gasteiger partial charge in [-0.1, -0.05) is 18.2 Å². The minimum atomic E-state index is 0.129. The number of nitrogens with two attached hydrogens (primary N) is 1. The fourth-order valence-electron chi connectivity index (χ4n) is 2.30. The molecule has 1 aliphatic carbocycles. The second-order valence-electron chi connectivity index (χ2n) is 4.36. The first-order valence-electron chi connectivity index (χ1n) is 5.41. The zero-order chi connectivity index (χ0) is 10.8. The van der Waals surface area contributed by atoms with Gasteiger partial charge in [-0.25, -0.2) is 0 Å². The first-order chi connectivity index (χ1) is 7.22. The molecule has 2 rings (SSSR count). The minimum absolute atomic E-state index is 0.129. The standard InChI is InChI=1S/C12H18N2O/c1-8(13)5-9-3-2-4-11-10(7-15)6-14-12(9)11/h2-4,6,8,11-12,14-15H,5,7,13H2,1H3. The van der Waals surface area contributed by atoms with Crippen molar-refractivity contribution in [1.29, 1.82) is 0 Å². The molecule has 82 valence electrons. The first-order valence-corrected chi connectivity index (χ1v) is 5.41. The lowest BCUT2D eigenvalue weighted by Crippen LogP contribution is -2.33. The van der Waals surface area contributed by atoms with Crippen LogP contribution in [0.5, 0.6) is 0 Å². The maximum Gasteiger partial charge on any atom is 0.0665 e. The summed E-state index contributed by atoms with van der Waals surface area (Å²) < 4.78 is 0. The van der Waals surface area contributed by atoms with Crippen LogP contribution in [0.25, 0.3) is 0 Å². The molecule has 3 heteroatoms. The van der Waals surface area contributed by atoms with Gasteiger partial charge in [0.2, 0.25) is 0 Å². The number of aliphatic hydroxyl groups excluding tert-OH is 1. The smallest absolute Gasteiger partial charge is 0.0665 e. The van der Waals surface area contributed by atoms with E-state index in [1.807, 2.05) is 13.1 Å². The molecule has 0 aromatic heterocycles. The summed E-state index contributed by atoms with van der Waals surface area (Å²) in [5.74, 6) is 0.314. The summed E-state index contributed by atoms with van der Waals surface area (Å²) in [6.45, 7) is 2.15. The van der Waals surface area contributed by atoms with E-state index in [4.69, 9.17) is 5.73 Å². The van der Waals surface area contributed by atoms with Crippen LogP contribution in [-0.4, -0.2) is 23.8 Å².